The van der Waals surface area contributed by atoms with Crippen molar-refractivity contribution in [1.29, 1.82) is 0 Å². The molecule has 0 aliphatic rings. The second kappa shape index (κ2) is 7.31. The molecule has 19 heavy (non-hydrogen) atoms. The molecular weight excluding hydrogens is 291 g/mol. The van der Waals surface area contributed by atoms with E-state index in [1.165, 1.54) is 23.1 Å². The first-order valence-corrected chi connectivity index (χ1v) is 6.72. The lowest BCUT2D eigenvalue weighted by Gasteiger charge is -2.21. The van der Waals surface area contributed by atoms with E-state index in [1.54, 1.807) is 0 Å². The highest BCUT2D eigenvalue weighted by atomic mass is 35.5. The Labute approximate surface area is 121 Å². The molecule has 0 aliphatic carbocycles. The van der Waals surface area contributed by atoms with E-state index in [1.807, 2.05) is 6.92 Å². The maximum atomic E-state index is 12.3. The van der Waals surface area contributed by atoms with Gasteiger partial charge in [-0.15, -0.1) is 11.6 Å². The highest BCUT2D eigenvalue weighted by Gasteiger charge is 2.26. The van der Waals surface area contributed by atoms with Gasteiger partial charge in [-0.1, -0.05) is 24.6 Å². The average molecular weight is 305 g/mol. The molecular formula is C12H14Cl2N2O3. The summed E-state index contributed by atoms with van der Waals surface area (Å²) < 4.78 is 0. The normalized spacial score (nSPS) is 10.3. The van der Waals surface area contributed by atoms with Gasteiger partial charge in [-0.2, -0.15) is 0 Å². The van der Waals surface area contributed by atoms with Crippen molar-refractivity contribution in [2.75, 3.05) is 19.0 Å². The summed E-state index contributed by atoms with van der Waals surface area (Å²) in [6, 6.07) is 4.18. The van der Waals surface area contributed by atoms with Crippen molar-refractivity contribution in [3.8, 4) is 0 Å². The van der Waals surface area contributed by atoms with Crippen LogP contribution in [0.3, 0.4) is 0 Å². The van der Waals surface area contributed by atoms with E-state index in [0.29, 0.717) is 13.1 Å². The summed E-state index contributed by atoms with van der Waals surface area (Å²) in [6.07, 6.45) is 0.737. The second-order valence-corrected chi connectivity index (χ2v) is 4.66. The molecule has 1 aromatic carbocycles. The van der Waals surface area contributed by atoms with E-state index >= 15 is 0 Å². The summed E-state index contributed by atoms with van der Waals surface area (Å²) in [6.45, 7) is 2.72. The highest BCUT2D eigenvalue weighted by Crippen LogP contribution is 2.27. The first-order chi connectivity index (χ1) is 9.02. The van der Waals surface area contributed by atoms with Gasteiger partial charge in [0, 0.05) is 25.0 Å². The molecule has 0 unspecified atom stereocenters. The lowest BCUT2D eigenvalue weighted by Crippen LogP contribution is -2.34. The summed E-state index contributed by atoms with van der Waals surface area (Å²) in [5.41, 5.74) is -0.360. The van der Waals surface area contributed by atoms with Crippen LogP contribution in [-0.4, -0.2) is 34.7 Å². The fourth-order valence-corrected chi connectivity index (χ4v) is 2.18. The van der Waals surface area contributed by atoms with Gasteiger partial charge in [0.15, 0.2) is 0 Å². The Morgan fingerprint density at radius 3 is 2.63 bits per heavy atom. The number of nitrogens with zero attached hydrogens (tertiary/aromatic N) is 2. The lowest BCUT2D eigenvalue weighted by molar-refractivity contribution is -0.385. The number of benzene rings is 1. The maximum Gasteiger partial charge on any atom is 0.283 e. The second-order valence-electron chi connectivity index (χ2n) is 3.87. The van der Waals surface area contributed by atoms with Gasteiger partial charge in [0.05, 0.1) is 9.95 Å². The molecule has 0 radical (unpaired) electrons. The Morgan fingerprint density at radius 2 is 2.11 bits per heavy atom. The van der Waals surface area contributed by atoms with Crippen LogP contribution in [0.2, 0.25) is 5.02 Å². The van der Waals surface area contributed by atoms with Gasteiger partial charge in [-0.25, -0.2) is 0 Å². The third-order valence-corrected chi connectivity index (χ3v) is 3.02. The van der Waals surface area contributed by atoms with E-state index in [0.717, 1.165) is 6.42 Å². The molecule has 0 aliphatic heterocycles. The van der Waals surface area contributed by atoms with Crippen molar-refractivity contribution in [3.05, 3.63) is 38.9 Å². The van der Waals surface area contributed by atoms with Gasteiger partial charge in [0.25, 0.3) is 11.6 Å². The van der Waals surface area contributed by atoms with E-state index in [9.17, 15) is 14.9 Å². The van der Waals surface area contributed by atoms with Crippen molar-refractivity contribution in [2.24, 2.45) is 0 Å². The lowest BCUT2D eigenvalue weighted by atomic mass is 10.1. The average Bonchev–Trinajstić information content (AvgIpc) is 2.37. The monoisotopic (exact) mass is 304 g/mol. The third-order valence-electron chi connectivity index (χ3n) is 2.54. The van der Waals surface area contributed by atoms with E-state index < -0.39 is 10.8 Å². The van der Waals surface area contributed by atoms with Gasteiger partial charge in [0.2, 0.25) is 0 Å². The number of alkyl halides is 1. The predicted molar refractivity (Wildman–Crippen MR) is 75.0 cm³/mol. The summed E-state index contributed by atoms with van der Waals surface area (Å²) in [5, 5.41) is 11.0. The SMILES string of the molecule is CCCN(CCCl)C(=O)c1c(Cl)cccc1[N+](=O)[O-]. The summed E-state index contributed by atoms with van der Waals surface area (Å²) in [4.78, 5) is 24.2. The number of nitro benzene ring substituents is 1. The molecule has 1 rings (SSSR count). The van der Waals surface area contributed by atoms with Gasteiger partial charge in [-0.05, 0) is 12.5 Å². The zero-order valence-electron chi connectivity index (χ0n) is 10.4. The molecule has 0 N–H and O–H groups in total. The molecule has 0 saturated carbocycles. The Kier molecular flexibility index (Phi) is 6.05. The number of hydrogen-bond donors (Lipinski definition) is 0. The summed E-state index contributed by atoms with van der Waals surface area (Å²) in [5.74, 6) is -0.191. The minimum atomic E-state index is -0.607. The summed E-state index contributed by atoms with van der Waals surface area (Å²) >= 11 is 11.6. The third kappa shape index (κ3) is 3.81. The van der Waals surface area contributed by atoms with Gasteiger partial charge < -0.3 is 4.90 Å². The topological polar surface area (TPSA) is 63.5 Å². The molecule has 1 amide bonds. The number of carbonyl (C=O) groups is 1. The van der Waals surface area contributed by atoms with E-state index in [-0.39, 0.29) is 22.2 Å². The molecule has 0 fully saturated rings. The van der Waals surface area contributed by atoms with Crippen LogP contribution in [-0.2, 0) is 0 Å². The number of rotatable bonds is 6. The summed E-state index contributed by atoms with van der Waals surface area (Å²) in [7, 11) is 0. The van der Waals surface area contributed by atoms with Gasteiger partial charge in [0.1, 0.15) is 5.56 Å². The molecule has 0 heterocycles. The fraction of sp³-hybridized carbons (Fsp3) is 0.417. The molecule has 0 bridgehead atoms. The van der Waals surface area contributed by atoms with Crippen LogP contribution in [0.5, 0.6) is 0 Å². The van der Waals surface area contributed by atoms with Gasteiger partial charge >= 0.3 is 0 Å². The molecule has 0 spiro atoms. The van der Waals surface area contributed by atoms with Crippen molar-refractivity contribution >= 4 is 34.8 Å². The molecule has 0 saturated heterocycles. The van der Waals surface area contributed by atoms with Gasteiger partial charge in [-0.3, -0.25) is 14.9 Å². The molecule has 1 aromatic rings. The van der Waals surface area contributed by atoms with Crippen LogP contribution in [0.15, 0.2) is 18.2 Å². The molecule has 7 heteroatoms. The van der Waals surface area contributed by atoms with Crippen LogP contribution >= 0.6 is 23.2 Å². The Bertz CT molecular complexity index is 474. The van der Waals surface area contributed by atoms with Crippen LogP contribution in [0, 0.1) is 10.1 Å². The van der Waals surface area contributed by atoms with E-state index in [4.69, 9.17) is 23.2 Å². The zero-order valence-corrected chi connectivity index (χ0v) is 11.9. The van der Waals surface area contributed by atoms with Crippen LogP contribution in [0.1, 0.15) is 23.7 Å². The zero-order chi connectivity index (χ0) is 14.4. The van der Waals surface area contributed by atoms with Crippen LogP contribution in [0.4, 0.5) is 5.69 Å². The van der Waals surface area contributed by atoms with Crippen molar-refractivity contribution in [1.82, 2.24) is 4.90 Å². The number of hydrogen-bond acceptors (Lipinski definition) is 3. The number of amides is 1. The van der Waals surface area contributed by atoms with E-state index in [2.05, 4.69) is 0 Å². The largest absolute Gasteiger partial charge is 0.337 e. The van der Waals surface area contributed by atoms with Crippen LogP contribution in [0.25, 0.3) is 0 Å². The maximum absolute atomic E-state index is 12.3. The molecule has 104 valence electrons. The Hall–Kier alpha value is -1.33. The minimum absolute atomic E-state index is 0.0762. The molecule has 5 nitrogen and oxygen atoms in total. The first-order valence-electron chi connectivity index (χ1n) is 5.81. The van der Waals surface area contributed by atoms with Crippen molar-refractivity contribution < 1.29 is 9.72 Å². The smallest absolute Gasteiger partial charge is 0.283 e. The molecule has 0 atom stereocenters. The fourth-order valence-electron chi connectivity index (χ4n) is 1.72. The number of halogens is 2. The van der Waals surface area contributed by atoms with Crippen molar-refractivity contribution in [3.63, 3.8) is 0 Å². The molecule has 0 aromatic heterocycles. The Morgan fingerprint density at radius 1 is 1.42 bits per heavy atom. The predicted octanol–water partition coefficient (Wildman–Crippen LogP) is 3.34. The van der Waals surface area contributed by atoms with Crippen molar-refractivity contribution in [2.45, 2.75) is 13.3 Å². The minimum Gasteiger partial charge on any atom is -0.337 e. The number of nitro groups is 1. The quantitative estimate of drug-likeness (QED) is 0.460. The Balaban J connectivity index is 3.19. The first kappa shape index (κ1) is 15.7. The standard InChI is InChI=1S/C12H14Cl2N2O3/c1-2-7-15(8-6-13)12(17)11-9(14)4-3-5-10(11)16(18)19/h3-5H,2,6-8H2,1H3. The van der Waals surface area contributed by atoms with Crippen LogP contribution < -0.4 is 0 Å². The number of carbonyl (C=O) groups excluding carboxylic acids is 1. The highest BCUT2D eigenvalue weighted by molar-refractivity contribution is 6.34.